The lowest BCUT2D eigenvalue weighted by atomic mass is 10.0. The van der Waals surface area contributed by atoms with Gasteiger partial charge in [-0.1, -0.05) is 23.7 Å². The Morgan fingerprint density at radius 3 is 2.17 bits per heavy atom. The van der Waals surface area contributed by atoms with Crippen molar-refractivity contribution in [2.45, 2.75) is 0 Å². The number of halogens is 1. The van der Waals surface area contributed by atoms with Crippen LogP contribution in [-0.2, 0) is 0 Å². The molecule has 118 valence electrons. The van der Waals surface area contributed by atoms with Crippen molar-refractivity contribution >= 4 is 23.2 Å². The fourth-order valence-electron chi connectivity index (χ4n) is 2.81. The van der Waals surface area contributed by atoms with E-state index in [-0.39, 0.29) is 11.6 Å². The maximum absolute atomic E-state index is 12.4. The summed E-state index contributed by atoms with van der Waals surface area (Å²) in [4.78, 5) is 19.3. The summed E-state index contributed by atoms with van der Waals surface area (Å²) in [7, 11) is 0. The van der Waals surface area contributed by atoms with Crippen molar-refractivity contribution in [2.75, 3.05) is 0 Å². The molecule has 0 spiro atoms. The number of aromatic hydroxyl groups is 2. The average molecular weight is 339 g/mol. The predicted octanol–water partition coefficient (Wildman–Crippen LogP) is 3.74. The third-order valence-corrected chi connectivity index (χ3v) is 4.17. The molecule has 0 radical (unpaired) electrons. The number of phenolic OH excluding ortho intramolecular Hbond substituents is 1. The third-order valence-electron chi connectivity index (χ3n) is 3.92. The van der Waals surface area contributed by atoms with Crippen molar-refractivity contribution in [3.8, 4) is 22.9 Å². The Hall–Kier alpha value is -3.05. The summed E-state index contributed by atoms with van der Waals surface area (Å²) < 4.78 is 0. The van der Waals surface area contributed by atoms with E-state index in [9.17, 15) is 15.0 Å². The summed E-state index contributed by atoms with van der Waals surface area (Å²) in [5, 5.41) is 20.3. The molecule has 1 amide bonds. The summed E-state index contributed by atoms with van der Waals surface area (Å²) in [5.41, 5.74) is 2.95. The number of benzene rings is 2. The first-order valence-corrected chi connectivity index (χ1v) is 7.56. The molecule has 0 unspecified atom stereocenters. The maximum atomic E-state index is 12.4. The van der Waals surface area contributed by atoms with Gasteiger partial charge in [-0.05, 0) is 42.0 Å². The Balaban J connectivity index is 1.87. The lowest BCUT2D eigenvalue weighted by Crippen LogP contribution is -1.99. The van der Waals surface area contributed by atoms with E-state index in [1.807, 2.05) is 0 Å². The number of fused-ring (bicyclic) bond motifs is 1. The SMILES string of the molecule is O=C1N=C(c2ccc(Cl)cc2)c2c(O)[nH]c(-c3ccc(O)cc3)c21. The zero-order chi connectivity index (χ0) is 16.8. The first kappa shape index (κ1) is 14.5. The molecule has 3 N–H and O–H groups in total. The van der Waals surface area contributed by atoms with Crippen LogP contribution in [0.3, 0.4) is 0 Å². The molecule has 0 bridgehead atoms. The number of nitrogens with zero attached hydrogens (tertiary/aromatic N) is 1. The van der Waals surface area contributed by atoms with E-state index < -0.39 is 5.91 Å². The normalized spacial score (nSPS) is 13.0. The van der Waals surface area contributed by atoms with E-state index in [2.05, 4.69) is 9.98 Å². The molecule has 2 aromatic carbocycles. The Morgan fingerprint density at radius 2 is 1.50 bits per heavy atom. The van der Waals surface area contributed by atoms with Crippen LogP contribution in [0.5, 0.6) is 11.6 Å². The molecule has 1 aliphatic heterocycles. The van der Waals surface area contributed by atoms with E-state index in [1.165, 1.54) is 12.1 Å². The van der Waals surface area contributed by atoms with Crippen molar-refractivity contribution in [2.24, 2.45) is 4.99 Å². The minimum Gasteiger partial charge on any atom is -0.508 e. The molecule has 1 aromatic heterocycles. The van der Waals surface area contributed by atoms with Crippen LogP contribution in [-0.4, -0.2) is 26.8 Å². The zero-order valence-corrected chi connectivity index (χ0v) is 13.0. The van der Waals surface area contributed by atoms with Gasteiger partial charge in [0.15, 0.2) is 5.88 Å². The number of H-pyrrole nitrogens is 1. The number of rotatable bonds is 2. The predicted molar refractivity (Wildman–Crippen MR) is 91.0 cm³/mol. The Kier molecular flexibility index (Phi) is 3.18. The highest BCUT2D eigenvalue weighted by Gasteiger charge is 2.33. The molecule has 6 heteroatoms. The van der Waals surface area contributed by atoms with Crippen molar-refractivity contribution < 1.29 is 15.0 Å². The van der Waals surface area contributed by atoms with Gasteiger partial charge < -0.3 is 15.2 Å². The summed E-state index contributed by atoms with van der Waals surface area (Å²) in [6, 6.07) is 13.2. The number of carbonyl (C=O) groups is 1. The monoisotopic (exact) mass is 338 g/mol. The highest BCUT2D eigenvalue weighted by Crippen LogP contribution is 2.38. The molecule has 2 heterocycles. The highest BCUT2D eigenvalue weighted by atomic mass is 35.5. The van der Waals surface area contributed by atoms with Gasteiger partial charge in [0.25, 0.3) is 5.91 Å². The standard InChI is InChI=1S/C18H11ClN2O3/c19-11-5-1-9(2-6-11)15-13-14(18(24)20-15)16(21-17(13)23)10-3-7-12(22)8-4-10/h1-8,21-23H. The van der Waals surface area contributed by atoms with Crippen LogP contribution in [0.2, 0.25) is 5.02 Å². The summed E-state index contributed by atoms with van der Waals surface area (Å²) in [6.45, 7) is 0. The lowest BCUT2D eigenvalue weighted by molar-refractivity contribution is 0.101. The molecule has 5 nitrogen and oxygen atoms in total. The number of aromatic amines is 1. The minimum atomic E-state index is -0.422. The van der Waals surface area contributed by atoms with E-state index in [4.69, 9.17) is 11.6 Å². The van der Waals surface area contributed by atoms with Crippen molar-refractivity contribution in [1.82, 2.24) is 4.98 Å². The van der Waals surface area contributed by atoms with Gasteiger partial charge in [0.05, 0.1) is 22.5 Å². The number of carbonyl (C=O) groups excluding carboxylic acids is 1. The first-order chi connectivity index (χ1) is 11.5. The van der Waals surface area contributed by atoms with Crippen molar-refractivity contribution in [1.29, 1.82) is 0 Å². The second-order valence-electron chi connectivity index (χ2n) is 5.42. The second-order valence-corrected chi connectivity index (χ2v) is 5.85. The molecule has 0 saturated heterocycles. The van der Waals surface area contributed by atoms with Gasteiger partial charge in [-0.25, -0.2) is 4.99 Å². The molecule has 1 aliphatic rings. The van der Waals surface area contributed by atoms with Gasteiger partial charge in [-0.2, -0.15) is 0 Å². The second kappa shape index (κ2) is 5.25. The van der Waals surface area contributed by atoms with Crippen molar-refractivity contribution in [3.63, 3.8) is 0 Å². The van der Waals surface area contributed by atoms with Crippen LogP contribution in [0.25, 0.3) is 11.3 Å². The largest absolute Gasteiger partial charge is 0.508 e. The van der Waals surface area contributed by atoms with Crippen LogP contribution < -0.4 is 0 Å². The fraction of sp³-hybridized carbons (Fsp3) is 0. The molecule has 3 aromatic rings. The zero-order valence-electron chi connectivity index (χ0n) is 12.2. The number of amides is 1. The Labute approximate surface area is 141 Å². The van der Waals surface area contributed by atoms with Crippen molar-refractivity contribution in [3.05, 3.63) is 70.2 Å². The summed E-state index contributed by atoms with van der Waals surface area (Å²) in [6.07, 6.45) is 0. The number of hydrogen-bond acceptors (Lipinski definition) is 3. The van der Waals surface area contributed by atoms with E-state index in [1.54, 1.807) is 36.4 Å². The molecular formula is C18H11ClN2O3. The van der Waals surface area contributed by atoms with E-state index in [0.717, 1.165) is 0 Å². The van der Waals surface area contributed by atoms with Crippen LogP contribution in [0.1, 0.15) is 21.5 Å². The van der Waals surface area contributed by atoms with Crippen LogP contribution in [0.4, 0.5) is 0 Å². The van der Waals surface area contributed by atoms with Gasteiger partial charge in [-0.3, -0.25) is 4.79 Å². The first-order valence-electron chi connectivity index (χ1n) is 7.18. The highest BCUT2D eigenvalue weighted by molar-refractivity contribution is 6.32. The number of nitrogens with one attached hydrogen (secondary N) is 1. The Bertz CT molecular complexity index is 986. The smallest absolute Gasteiger partial charge is 0.280 e. The molecule has 0 atom stereocenters. The average Bonchev–Trinajstić information content (AvgIpc) is 3.08. The Morgan fingerprint density at radius 1 is 0.875 bits per heavy atom. The summed E-state index contributed by atoms with van der Waals surface area (Å²) >= 11 is 5.89. The van der Waals surface area contributed by atoms with Crippen LogP contribution in [0, 0.1) is 0 Å². The molecule has 0 saturated carbocycles. The van der Waals surface area contributed by atoms with Gasteiger partial charge >= 0.3 is 0 Å². The van der Waals surface area contributed by atoms with Gasteiger partial charge in [-0.15, -0.1) is 0 Å². The number of hydrogen-bond donors (Lipinski definition) is 3. The van der Waals surface area contributed by atoms with Gasteiger partial charge in [0.2, 0.25) is 0 Å². The van der Waals surface area contributed by atoms with Crippen LogP contribution >= 0.6 is 11.6 Å². The van der Waals surface area contributed by atoms with Crippen LogP contribution in [0.15, 0.2) is 53.5 Å². The lowest BCUT2D eigenvalue weighted by Gasteiger charge is -2.01. The number of aromatic nitrogens is 1. The molecule has 0 fully saturated rings. The van der Waals surface area contributed by atoms with Gasteiger partial charge in [0, 0.05) is 10.6 Å². The minimum absolute atomic E-state index is 0.118. The summed E-state index contributed by atoms with van der Waals surface area (Å²) in [5.74, 6) is -0.419. The number of phenols is 1. The topological polar surface area (TPSA) is 85.7 Å². The third kappa shape index (κ3) is 2.18. The van der Waals surface area contributed by atoms with Gasteiger partial charge in [0.1, 0.15) is 5.75 Å². The molecule has 4 rings (SSSR count). The maximum Gasteiger partial charge on any atom is 0.280 e. The quantitative estimate of drug-likeness (QED) is 0.665. The van der Waals surface area contributed by atoms with E-state index >= 15 is 0 Å². The molecular weight excluding hydrogens is 328 g/mol. The van der Waals surface area contributed by atoms with E-state index in [0.29, 0.717) is 38.7 Å². The molecule has 0 aliphatic carbocycles. The fourth-order valence-corrected chi connectivity index (χ4v) is 2.93. The number of aliphatic imine (C=N–C) groups is 1. The molecule has 24 heavy (non-hydrogen) atoms.